The molecule has 2 aromatic rings. The van der Waals surface area contributed by atoms with Gasteiger partial charge in [0.25, 0.3) is 0 Å². The third-order valence-corrected chi connectivity index (χ3v) is 2.99. The number of nitrogens with two attached hydrogens (primary N) is 1. The number of halogens is 1. The molecule has 3 atom stereocenters. The van der Waals surface area contributed by atoms with Crippen LogP contribution in [0.4, 0.5) is 10.2 Å². The number of anilines is 1. The number of fused-ring (bicyclic) bond motifs is 1. The monoisotopic (exact) mass is 253 g/mol. The molecular formula is C10H12FN5O2. The lowest BCUT2D eigenvalue weighted by Crippen LogP contribution is -2.16. The van der Waals surface area contributed by atoms with Gasteiger partial charge in [-0.15, -0.1) is 0 Å². The number of aromatic nitrogens is 4. The molecule has 18 heavy (non-hydrogen) atoms. The maximum absolute atomic E-state index is 13.9. The molecule has 0 bridgehead atoms. The lowest BCUT2D eigenvalue weighted by molar-refractivity contribution is -0.0351. The van der Waals surface area contributed by atoms with E-state index in [1.54, 1.807) is 0 Å². The molecule has 1 aliphatic heterocycles. The first kappa shape index (κ1) is 11.3. The van der Waals surface area contributed by atoms with Crippen LogP contribution in [-0.2, 0) is 4.74 Å². The fraction of sp³-hybridized carbons (Fsp3) is 0.500. The SMILES string of the molecule is Nc1ncnc2c1ncn2[C@@H]1O[C@@H](CO)CC1F. The van der Waals surface area contributed by atoms with E-state index < -0.39 is 18.5 Å². The molecule has 0 saturated carbocycles. The number of hydrogen-bond donors (Lipinski definition) is 2. The molecular weight excluding hydrogens is 241 g/mol. The number of aliphatic hydroxyl groups is 1. The van der Waals surface area contributed by atoms with Crippen LogP contribution in [0.5, 0.6) is 0 Å². The summed E-state index contributed by atoms with van der Waals surface area (Å²) in [5.74, 6) is 0.242. The second-order valence-electron chi connectivity index (χ2n) is 4.17. The zero-order chi connectivity index (χ0) is 12.7. The molecule has 3 rings (SSSR count). The van der Waals surface area contributed by atoms with Crippen molar-refractivity contribution in [3.63, 3.8) is 0 Å². The van der Waals surface area contributed by atoms with Crippen molar-refractivity contribution in [1.29, 1.82) is 0 Å². The van der Waals surface area contributed by atoms with Gasteiger partial charge in [-0.2, -0.15) is 0 Å². The van der Waals surface area contributed by atoms with Crippen LogP contribution in [-0.4, -0.2) is 43.5 Å². The molecule has 3 N–H and O–H groups in total. The molecule has 0 amide bonds. The number of ether oxygens (including phenoxy) is 1. The first-order chi connectivity index (χ1) is 8.70. The van der Waals surface area contributed by atoms with Crippen LogP contribution >= 0.6 is 0 Å². The van der Waals surface area contributed by atoms with Crippen molar-refractivity contribution >= 4 is 17.0 Å². The molecule has 1 unspecified atom stereocenters. The summed E-state index contributed by atoms with van der Waals surface area (Å²) in [7, 11) is 0. The Kier molecular flexibility index (Phi) is 2.60. The van der Waals surface area contributed by atoms with E-state index in [2.05, 4.69) is 15.0 Å². The van der Waals surface area contributed by atoms with Crippen LogP contribution in [0.1, 0.15) is 12.6 Å². The van der Waals surface area contributed by atoms with Crippen LogP contribution in [0.2, 0.25) is 0 Å². The van der Waals surface area contributed by atoms with E-state index in [9.17, 15) is 4.39 Å². The van der Waals surface area contributed by atoms with Gasteiger partial charge in [-0.3, -0.25) is 4.57 Å². The van der Waals surface area contributed by atoms with Gasteiger partial charge in [0.05, 0.1) is 19.0 Å². The van der Waals surface area contributed by atoms with Crippen molar-refractivity contribution in [3.05, 3.63) is 12.7 Å². The fourth-order valence-electron chi connectivity index (χ4n) is 2.12. The third-order valence-electron chi connectivity index (χ3n) is 2.99. The van der Waals surface area contributed by atoms with Gasteiger partial charge < -0.3 is 15.6 Å². The van der Waals surface area contributed by atoms with E-state index >= 15 is 0 Å². The highest BCUT2D eigenvalue weighted by molar-refractivity contribution is 5.81. The third kappa shape index (κ3) is 1.61. The molecule has 7 nitrogen and oxygen atoms in total. The average Bonchev–Trinajstić information content (AvgIpc) is 2.93. The van der Waals surface area contributed by atoms with Crippen LogP contribution in [0, 0.1) is 0 Å². The van der Waals surface area contributed by atoms with Gasteiger partial charge in [0.1, 0.15) is 18.0 Å². The second kappa shape index (κ2) is 4.14. The average molecular weight is 253 g/mol. The predicted molar refractivity (Wildman–Crippen MR) is 60.2 cm³/mol. The minimum atomic E-state index is -1.21. The molecule has 0 aromatic carbocycles. The van der Waals surface area contributed by atoms with Crippen molar-refractivity contribution in [2.45, 2.75) is 24.9 Å². The maximum atomic E-state index is 13.9. The Bertz CT molecular complexity index is 574. The van der Waals surface area contributed by atoms with Gasteiger partial charge in [-0.05, 0) is 0 Å². The Balaban J connectivity index is 2.02. The highest BCUT2D eigenvalue weighted by Crippen LogP contribution is 2.33. The van der Waals surface area contributed by atoms with E-state index in [0.717, 1.165) is 0 Å². The molecule has 1 saturated heterocycles. The number of imidazole rings is 1. The van der Waals surface area contributed by atoms with Gasteiger partial charge in [0.2, 0.25) is 0 Å². The summed E-state index contributed by atoms with van der Waals surface area (Å²) in [5, 5.41) is 8.99. The molecule has 1 fully saturated rings. The first-order valence-corrected chi connectivity index (χ1v) is 5.54. The van der Waals surface area contributed by atoms with E-state index in [0.29, 0.717) is 11.2 Å². The van der Waals surface area contributed by atoms with Crippen LogP contribution < -0.4 is 5.73 Å². The topological polar surface area (TPSA) is 99.1 Å². The Labute approximate surface area is 101 Å². The van der Waals surface area contributed by atoms with Crippen LogP contribution in [0.15, 0.2) is 12.7 Å². The van der Waals surface area contributed by atoms with Crippen molar-refractivity contribution in [2.75, 3.05) is 12.3 Å². The molecule has 0 spiro atoms. The van der Waals surface area contributed by atoms with E-state index in [1.807, 2.05) is 0 Å². The Morgan fingerprint density at radius 1 is 1.50 bits per heavy atom. The summed E-state index contributed by atoms with van der Waals surface area (Å²) in [4.78, 5) is 11.9. The van der Waals surface area contributed by atoms with Crippen LogP contribution in [0.3, 0.4) is 0 Å². The van der Waals surface area contributed by atoms with E-state index in [-0.39, 0.29) is 18.8 Å². The summed E-state index contributed by atoms with van der Waals surface area (Å²) in [6.45, 7) is -0.208. The largest absolute Gasteiger partial charge is 0.394 e. The standard InChI is InChI=1S/C10H12FN5O2/c11-6-1-5(2-17)18-10(6)16-4-15-7-8(12)13-3-14-9(7)16/h3-6,10,17H,1-2H2,(H2,12,13,14)/t5-,6?,10-/m1/s1. The molecule has 96 valence electrons. The quantitative estimate of drug-likeness (QED) is 0.783. The minimum Gasteiger partial charge on any atom is -0.394 e. The van der Waals surface area contributed by atoms with Crippen molar-refractivity contribution < 1.29 is 14.2 Å². The molecule has 1 aliphatic rings. The lowest BCUT2D eigenvalue weighted by Gasteiger charge is -2.15. The molecule has 3 heterocycles. The van der Waals surface area contributed by atoms with Crippen molar-refractivity contribution in [3.8, 4) is 0 Å². The van der Waals surface area contributed by atoms with Crippen LogP contribution in [0.25, 0.3) is 11.2 Å². The maximum Gasteiger partial charge on any atom is 0.168 e. The number of alkyl halides is 1. The predicted octanol–water partition coefficient (Wildman–Crippen LogP) is 0.0264. The van der Waals surface area contributed by atoms with Crippen molar-refractivity contribution in [2.24, 2.45) is 0 Å². The Morgan fingerprint density at radius 2 is 2.33 bits per heavy atom. The number of hydrogen-bond acceptors (Lipinski definition) is 6. The van der Waals surface area contributed by atoms with E-state index in [4.69, 9.17) is 15.6 Å². The fourth-order valence-corrected chi connectivity index (χ4v) is 2.12. The second-order valence-corrected chi connectivity index (χ2v) is 4.17. The van der Waals surface area contributed by atoms with E-state index in [1.165, 1.54) is 17.2 Å². The highest BCUT2D eigenvalue weighted by atomic mass is 19.1. The van der Waals surface area contributed by atoms with Gasteiger partial charge in [-0.1, -0.05) is 0 Å². The minimum absolute atomic E-state index is 0.154. The van der Waals surface area contributed by atoms with Gasteiger partial charge in [0.15, 0.2) is 17.7 Å². The van der Waals surface area contributed by atoms with Gasteiger partial charge in [-0.25, -0.2) is 19.3 Å². The zero-order valence-corrected chi connectivity index (χ0v) is 9.40. The summed E-state index contributed by atoms with van der Waals surface area (Å²) in [6.07, 6.45) is 0.328. The summed E-state index contributed by atoms with van der Waals surface area (Å²) in [6, 6.07) is 0. The molecule has 8 heteroatoms. The zero-order valence-electron chi connectivity index (χ0n) is 9.40. The molecule has 0 aliphatic carbocycles. The first-order valence-electron chi connectivity index (χ1n) is 5.54. The number of aliphatic hydroxyl groups excluding tert-OH is 1. The molecule has 0 radical (unpaired) electrons. The Hall–Kier alpha value is -1.80. The van der Waals surface area contributed by atoms with Crippen molar-refractivity contribution in [1.82, 2.24) is 19.5 Å². The lowest BCUT2D eigenvalue weighted by atomic mass is 10.2. The number of nitrogen functional groups attached to an aromatic ring is 1. The highest BCUT2D eigenvalue weighted by Gasteiger charge is 2.37. The smallest absolute Gasteiger partial charge is 0.168 e. The van der Waals surface area contributed by atoms with Gasteiger partial charge in [0, 0.05) is 6.42 Å². The number of rotatable bonds is 2. The summed E-state index contributed by atoms with van der Waals surface area (Å²) < 4.78 is 20.7. The Morgan fingerprint density at radius 3 is 3.06 bits per heavy atom. The summed E-state index contributed by atoms with van der Waals surface area (Å²) in [5.41, 5.74) is 6.50. The van der Waals surface area contributed by atoms with Gasteiger partial charge >= 0.3 is 0 Å². The summed E-state index contributed by atoms with van der Waals surface area (Å²) >= 11 is 0. The molecule has 2 aromatic heterocycles. The number of nitrogens with zero attached hydrogens (tertiary/aromatic N) is 4. The normalized spacial score (nSPS) is 28.0.